The zero-order chi connectivity index (χ0) is 19.9. The van der Waals surface area contributed by atoms with Crippen LogP contribution in [0.15, 0.2) is 42.5 Å². The molecule has 0 radical (unpaired) electrons. The largest absolute Gasteiger partial charge is 0.450 e. The second-order valence-electron chi connectivity index (χ2n) is 7.32. The van der Waals surface area contributed by atoms with Crippen molar-refractivity contribution in [3.63, 3.8) is 0 Å². The molecule has 0 aliphatic carbocycles. The number of benzene rings is 2. The second kappa shape index (κ2) is 9.55. The molecule has 1 fully saturated rings. The standard InChI is InChI=1S/C22H29N3O3/c1-3-28-22(27)25-13-11-18(12-14-25)24-21(26)15-23-16(2)19-10-6-8-17-7-4-5-9-20(17)19/h4-10,16,18,23H,3,11-15H2,1-2H3,(H,24,26)/p+1/t16-/m1/s1. The zero-order valence-corrected chi connectivity index (χ0v) is 16.7. The fraction of sp³-hybridized carbons (Fsp3) is 0.455. The predicted molar refractivity (Wildman–Crippen MR) is 109 cm³/mol. The van der Waals surface area contributed by atoms with Crippen molar-refractivity contribution in [3.8, 4) is 0 Å². The lowest BCUT2D eigenvalue weighted by atomic mass is 10.00. The average molecular weight is 385 g/mol. The first kappa shape index (κ1) is 20.1. The van der Waals surface area contributed by atoms with Gasteiger partial charge in [0, 0.05) is 24.7 Å². The van der Waals surface area contributed by atoms with Gasteiger partial charge in [-0.1, -0.05) is 42.5 Å². The minimum absolute atomic E-state index is 0.0432. The molecule has 0 bridgehead atoms. The van der Waals surface area contributed by atoms with Gasteiger partial charge in [0.1, 0.15) is 6.04 Å². The van der Waals surface area contributed by atoms with E-state index in [1.54, 1.807) is 11.8 Å². The predicted octanol–water partition coefficient (Wildman–Crippen LogP) is 2.20. The number of likely N-dealkylation sites (tertiary alicyclic amines) is 1. The Bertz CT molecular complexity index is 810. The molecule has 0 spiro atoms. The molecule has 6 heteroatoms. The van der Waals surface area contributed by atoms with Crippen molar-refractivity contribution in [2.45, 2.75) is 38.8 Å². The maximum Gasteiger partial charge on any atom is 0.409 e. The number of ether oxygens (including phenoxy) is 1. The van der Waals surface area contributed by atoms with Gasteiger partial charge in [0.25, 0.3) is 5.91 Å². The number of rotatable bonds is 6. The SMILES string of the molecule is CCOC(=O)N1CCC(NC(=O)C[NH2+][C@H](C)c2cccc3ccccc23)CC1. The fourth-order valence-corrected chi connectivity index (χ4v) is 3.77. The van der Waals surface area contributed by atoms with Crippen LogP contribution in [0.3, 0.4) is 0 Å². The van der Waals surface area contributed by atoms with Crippen LogP contribution in [0.1, 0.15) is 38.3 Å². The topological polar surface area (TPSA) is 75.2 Å². The summed E-state index contributed by atoms with van der Waals surface area (Å²) in [6.45, 7) is 5.97. The number of fused-ring (bicyclic) bond motifs is 1. The molecule has 2 aromatic carbocycles. The van der Waals surface area contributed by atoms with Crippen molar-refractivity contribution in [3.05, 3.63) is 48.0 Å². The van der Waals surface area contributed by atoms with Gasteiger partial charge in [-0.2, -0.15) is 0 Å². The number of nitrogens with zero attached hydrogens (tertiary/aromatic N) is 1. The molecule has 0 unspecified atom stereocenters. The van der Waals surface area contributed by atoms with Crippen LogP contribution in [0, 0.1) is 0 Å². The van der Waals surface area contributed by atoms with E-state index in [0.29, 0.717) is 26.2 Å². The zero-order valence-electron chi connectivity index (χ0n) is 16.7. The van der Waals surface area contributed by atoms with Crippen molar-refractivity contribution < 1.29 is 19.6 Å². The highest BCUT2D eigenvalue weighted by Crippen LogP contribution is 2.22. The number of amides is 2. The van der Waals surface area contributed by atoms with E-state index in [4.69, 9.17) is 4.74 Å². The molecular formula is C22H30N3O3+. The van der Waals surface area contributed by atoms with E-state index in [1.807, 2.05) is 12.1 Å². The third-order valence-corrected chi connectivity index (χ3v) is 5.36. The minimum atomic E-state index is -0.260. The Labute approximate surface area is 166 Å². The quantitative estimate of drug-likeness (QED) is 0.802. The molecule has 0 saturated carbocycles. The first-order valence-corrected chi connectivity index (χ1v) is 10.1. The van der Waals surface area contributed by atoms with Gasteiger partial charge in [-0.05, 0) is 37.5 Å². The summed E-state index contributed by atoms with van der Waals surface area (Å²) in [5.41, 5.74) is 1.24. The van der Waals surface area contributed by atoms with Gasteiger partial charge in [0.15, 0.2) is 6.54 Å². The van der Waals surface area contributed by atoms with E-state index >= 15 is 0 Å². The Balaban J connectivity index is 1.46. The minimum Gasteiger partial charge on any atom is -0.450 e. The lowest BCUT2D eigenvalue weighted by molar-refractivity contribution is -0.682. The molecule has 1 aliphatic heterocycles. The Kier molecular flexibility index (Phi) is 6.87. The summed E-state index contributed by atoms with van der Waals surface area (Å²) in [4.78, 5) is 25.8. The van der Waals surface area contributed by atoms with Crippen molar-refractivity contribution in [1.82, 2.24) is 10.2 Å². The van der Waals surface area contributed by atoms with Gasteiger partial charge in [0.05, 0.1) is 6.61 Å². The molecule has 2 aromatic rings. The molecule has 0 aromatic heterocycles. The van der Waals surface area contributed by atoms with Gasteiger partial charge in [-0.3, -0.25) is 4.79 Å². The van der Waals surface area contributed by atoms with Crippen molar-refractivity contribution in [1.29, 1.82) is 0 Å². The number of hydrogen-bond donors (Lipinski definition) is 2. The van der Waals surface area contributed by atoms with E-state index in [9.17, 15) is 9.59 Å². The van der Waals surface area contributed by atoms with Crippen LogP contribution in [0.5, 0.6) is 0 Å². The number of nitrogens with two attached hydrogens (primary N) is 1. The molecule has 150 valence electrons. The number of carbonyl (C=O) groups excluding carboxylic acids is 2. The Morgan fingerprint density at radius 3 is 2.64 bits per heavy atom. The number of quaternary nitrogens is 1. The summed E-state index contributed by atoms with van der Waals surface area (Å²) >= 11 is 0. The molecule has 1 heterocycles. The van der Waals surface area contributed by atoms with Crippen LogP contribution < -0.4 is 10.6 Å². The number of piperidine rings is 1. The lowest BCUT2D eigenvalue weighted by Crippen LogP contribution is -2.87. The molecule has 3 rings (SSSR count). The smallest absolute Gasteiger partial charge is 0.409 e. The molecule has 3 N–H and O–H groups in total. The summed E-state index contributed by atoms with van der Waals surface area (Å²) in [5, 5.41) is 7.64. The fourth-order valence-electron chi connectivity index (χ4n) is 3.77. The van der Waals surface area contributed by atoms with Gasteiger partial charge < -0.3 is 20.3 Å². The number of hydrogen-bond acceptors (Lipinski definition) is 3. The summed E-state index contributed by atoms with van der Waals surface area (Å²) < 4.78 is 5.03. The summed E-state index contributed by atoms with van der Waals surface area (Å²) in [6, 6.07) is 15.0. The first-order valence-electron chi connectivity index (χ1n) is 10.1. The average Bonchev–Trinajstić information content (AvgIpc) is 2.72. The van der Waals surface area contributed by atoms with Crippen LogP contribution in [0.2, 0.25) is 0 Å². The van der Waals surface area contributed by atoms with Gasteiger partial charge in [0.2, 0.25) is 0 Å². The van der Waals surface area contributed by atoms with Gasteiger partial charge >= 0.3 is 6.09 Å². The van der Waals surface area contributed by atoms with Crippen LogP contribution in [0.4, 0.5) is 4.79 Å². The Morgan fingerprint density at radius 2 is 1.89 bits per heavy atom. The lowest BCUT2D eigenvalue weighted by Gasteiger charge is -2.31. The molecule has 6 nitrogen and oxygen atoms in total. The molecule has 1 atom stereocenters. The maximum atomic E-state index is 12.4. The Hall–Kier alpha value is -2.60. The van der Waals surface area contributed by atoms with Crippen molar-refractivity contribution in [2.24, 2.45) is 0 Å². The van der Waals surface area contributed by atoms with E-state index in [-0.39, 0.29) is 24.1 Å². The van der Waals surface area contributed by atoms with Crippen molar-refractivity contribution in [2.75, 3.05) is 26.2 Å². The summed E-state index contributed by atoms with van der Waals surface area (Å²) in [6.07, 6.45) is 1.27. The summed E-state index contributed by atoms with van der Waals surface area (Å²) in [5.74, 6) is 0.0432. The molecule has 1 saturated heterocycles. The second-order valence-corrected chi connectivity index (χ2v) is 7.32. The van der Waals surface area contributed by atoms with Crippen LogP contribution in [-0.4, -0.2) is 49.2 Å². The highest BCUT2D eigenvalue weighted by atomic mass is 16.6. The monoisotopic (exact) mass is 384 g/mol. The van der Waals surface area contributed by atoms with Crippen LogP contribution in [-0.2, 0) is 9.53 Å². The van der Waals surface area contributed by atoms with Crippen molar-refractivity contribution >= 4 is 22.8 Å². The highest BCUT2D eigenvalue weighted by Gasteiger charge is 2.25. The van der Waals surface area contributed by atoms with Crippen LogP contribution in [0.25, 0.3) is 10.8 Å². The van der Waals surface area contributed by atoms with E-state index < -0.39 is 0 Å². The Morgan fingerprint density at radius 1 is 1.18 bits per heavy atom. The van der Waals surface area contributed by atoms with E-state index in [1.165, 1.54) is 16.3 Å². The highest BCUT2D eigenvalue weighted by molar-refractivity contribution is 5.86. The maximum absolute atomic E-state index is 12.4. The first-order chi connectivity index (χ1) is 13.6. The normalized spacial score (nSPS) is 16.0. The third kappa shape index (κ3) is 5.01. The molecule has 1 aliphatic rings. The number of nitrogens with one attached hydrogen (secondary N) is 1. The summed E-state index contributed by atoms with van der Waals surface area (Å²) in [7, 11) is 0. The molecule has 28 heavy (non-hydrogen) atoms. The van der Waals surface area contributed by atoms with Gasteiger partial charge in [-0.25, -0.2) is 4.79 Å². The number of carbonyl (C=O) groups is 2. The molecular weight excluding hydrogens is 354 g/mol. The van der Waals surface area contributed by atoms with E-state index in [0.717, 1.165) is 12.8 Å². The third-order valence-electron chi connectivity index (χ3n) is 5.36. The van der Waals surface area contributed by atoms with E-state index in [2.05, 4.69) is 47.9 Å². The van der Waals surface area contributed by atoms with Crippen LogP contribution >= 0.6 is 0 Å². The molecule has 2 amide bonds. The van der Waals surface area contributed by atoms with Gasteiger partial charge in [-0.15, -0.1) is 0 Å².